The van der Waals surface area contributed by atoms with Crippen molar-refractivity contribution < 1.29 is 0 Å². The van der Waals surface area contributed by atoms with Gasteiger partial charge in [0.2, 0.25) is 0 Å². The van der Waals surface area contributed by atoms with Gasteiger partial charge in [-0.25, -0.2) is 0 Å². The molecule has 0 aromatic heterocycles. The number of nitrogens with two attached hydrogens (primary N) is 2. The zero-order valence-corrected chi connectivity index (χ0v) is 8.15. The lowest BCUT2D eigenvalue weighted by Crippen LogP contribution is -2.26. The summed E-state index contributed by atoms with van der Waals surface area (Å²) in [5, 5.41) is 0. The molecule has 64 valence electrons. The third-order valence-corrected chi connectivity index (χ3v) is 0. The Balaban J connectivity index is 0. The second kappa shape index (κ2) is 3.94. The third-order valence-electron chi connectivity index (χ3n) is 0. The number of hydrogen-bond acceptors (Lipinski definition) is 2. The lowest BCUT2D eigenvalue weighted by molar-refractivity contribution is 0.579. The van der Waals surface area contributed by atoms with Crippen LogP contribution in [0.5, 0.6) is 0 Å². The molecule has 0 aliphatic heterocycles. The van der Waals surface area contributed by atoms with Gasteiger partial charge in [0.1, 0.15) is 0 Å². The van der Waals surface area contributed by atoms with Crippen LogP contribution in [0, 0.1) is 0 Å². The molecule has 0 aromatic carbocycles. The first-order valence-corrected chi connectivity index (χ1v) is 3.58. The van der Waals surface area contributed by atoms with Crippen LogP contribution in [0.1, 0.15) is 41.5 Å². The monoisotopic (exact) mass is 146 g/mol. The molecule has 0 saturated heterocycles. The molecule has 0 unspecified atom stereocenters. The topological polar surface area (TPSA) is 52.0 Å². The van der Waals surface area contributed by atoms with Crippen molar-refractivity contribution in [2.75, 3.05) is 0 Å². The zero-order valence-electron chi connectivity index (χ0n) is 8.15. The van der Waals surface area contributed by atoms with Crippen LogP contribution in [0.4, 0.5) is 0 Å². The Bertz CT molecular complexity index is 50.2. The maximum Gasteiger partial charge on any atom is 0.00686 e. The van der Waals surface area contributed by atoms with Gasteiger partial charge in [-0.1, -0.05) is 0 Å². The molecule has 0 saturated carbocycles. The van der Waals surface area contributed by atoms with E-state index in [1.54, 1.807) is 0 Å². The highest BCUT2D eigenvalue weighted by Crippen LogP contribution is 1.88. The summed E-state index contributed by atoms with van der Waals surface area (Å²) >= 11 is 0. The number of hydrogen-bond donors (Lipinski definition) is 2. The molecule has 2 heteroatoms. The summed E-state index contributed by atoms with van der Waals surface area (Å²) in [6.45, 7) is 11.8. The van der Waals surface area contributed by atoms with Crippen molar-refractivity contribution in [3.8, 4) is 0 Å². The van der Waals surface area contributed by atoms with Gasteiger partial charge in [-0.2, -0.15) is 0 Å². The van der Waals surface area contributed by atoms with Crippen LogP contribution in [0.25, 0.3) is 0 Å². The molecule has 0 fully saturated rings. The Morgan fingerprint density at radius 1 is 0.600 bits per heavy atom. The van der Waals surface area contributed by atoms with E-state index < -0.39 is 0 Å². The molecule has 0 bridgehead atoms. The SMILES string of the molecule is CC(C)(C)N.CC(C)(C)N. The Hall–Kier alpha value is -0.0800. The molecule has 4 N–H and O–H groups in total. The van der Waals surface area contributed by atoms with Crippen molar-refractivity contribution in [3.63, 3.8) is 0 Å². The van der Waals surface area contributed by atoms with Gasteiger partial charge in [0.15, 0.2) is 0 Å². The van der Waals surface area contributed by atoms with Crippen LogP contribution < -0.4 is 11.5 Å². The normalized spacial score (nSPS) is 12.0. The van der Waals surface area contributed by atoms with Crippen molar-refractivity contribution >= 4 is 0 Å². The largest absolute Gasteiger partial charge is 0.326 e. The van der Waals surface area contributed by atoms with Crippen LogP contribution in [0.3, 0.4) is 0 Å². The predicted molar refractivity (Wildman–Crippen MR) is 47.9 cm³/mol. The Labute approximate surface area is 65.0 Å². The first-order valence-electron chi connectivity index (χ1n) is 3.58. The lowest BCUT2D eigenvalue weighted by Gasteiger charge is -2.06. The second-order valence-electron chi connectivity index (χ2n) is 4.73. The molecule has 0 radical (unpaired) electrons. The molecule has 0 heterocycles. The predicted octanol–water partition coefficient (Wildman–Crippen LogP) is 1.49. The maximum atomic E-state index is 5.35. The summed E-state index contributed by atoms with van der Waals surface area (Å²) in [6.07, 6.45) is 0. The van der Waals surface area contributed by atoms with Crippen molar-refractivity contribution in [3.05, 3.63) is 0 Å². The van der Waals surface area contributed by atoms with Gasteiger partial charge in [0.05, 0.1) is 0 Å². The van der Waals surface area contributed by atoms with Gasteiger partial charge in [-0.3, -0.25) is 0 Å². The van der Waals surface area contributed by atoms with Crippen LogP contribution in [-0.2, 0) is 0 Å². The van der Waals surface area contributed by atoms with Crippen LogP contribution >= 0.6 is 0 Å². The van der Waals surface area contributed by atoms with E-state index in [2.05, 4.69) is 0 Å². The Kier molecular flexibility index (Phi) is 4.96. The maximum absolute atomic E-state index is 5.35. The van der Waals surface area contributed by atoms with Crippen molar-refractivity contribution in [1.82, 2.24) is 0 Å². The van der Waals surface area contributed by atoms with E-state index in [-0.39, 0.29) is 11.1 Å². The zero-order chi connectivity index (χ0) is 9.00. The van der Waals surface area contributed by atoms with Crippen molar-refractivity contribution in [2.45, 2.75) is 52.6 Å². The molecule has 0 aliphatic rings. The second-order valence-corrected chi connectivity index (χ2v) is 4.73. The van der Waals surface area contributed by atoms with Gasteiger partial charge >= 0.3 is 0 Å². The molecule has 2 nitrogen and oxygen atoms in total. The highest BCUT2D eigenvalue weighted by molar-refractivity contribution is 4.60. The molecule has 10 heavy (non-hydrogen) atoms. The lowest BCUT2D eigenvalue weighted by atomic mass is 10.1. The molecule has 0 amide bonds. The molecule has 0 aromatic rings. The highest BCUT2D eigenvalue weighted by Gasteiger charge is 1.95. The average Bonchev–Trinajstić information content (AvgIpc) is 1.12. The highest BCUT2D eigenvalue weighted by atomic mass is 14.7. The molecule has 0 rings (SSSR count). The summed E-state index contributed by atoms with van der Waals surface area (Å²) < 4.78 is 0. The van der Waals surface area contributed by atoms with Crippen molar-refractivity contribution in [1.29, 1.82) is 0 Å². The van der Waals surface area contributed by atoms with Crippen molar-refractivity contribution in [2.24, 2.45) is 11.5 Å². The summed E-state index contributed by atoms with van der Waals surface area (Å²) in [6, 6.07) is 0. The van der Waals surface area contributed by atoms with Crippen LogP contribution in [-0.4, -0.2) is 11.1 Å². The minimum absolute atomic E-state index is 0. The van der Waals surface area contributed by atoms with Gasteiger partial charge in [-0.15, -0.1) is 0 Å². The fraction of sp³-hybridized carbons (Fsp3) is 1.00. The quantitative estimate of drug-likeness (QED) is 0.544. The fourth-order valence-corrected chi connectivity index (χ4v) is 0. The van der Waals surface area contributed by atoms with E-state index in [1.807, 2.05) is 41.5 Å². The minimum atomic E-state index is 0. The molecular weight excluding hydrogens is 124 g/mol. The van der Waals surface area contributed by atoms with E-state index >= 15 is 0 Å². The van der Waals surface area contributed by atoms with E-state index in [9.17, 15) is 0 Å². The Morgan fingerprint density at radius 2 is 0.600 bits per heavy atom. The van der Waals surface area contributed by atoms with Crippen LogP contribution in [0.15, 0.2) is 0 Å². The molecule has 0 aliphatic carbocycles. The van der Waals surface area contributed by atoms with Gasteiger partial charge in [0.25, 0.3) is 0 Å². The smallest absolute Gasteiger partial charge is 0.00686 e. The standard InChI is InChI=1S/2C4H11N/c2*1-4(2,3)5/h2*5H2,1-3H3. The number of rotatable bonds is 0. The van der Waals surface area contributed by atoms with Gasteiger partial charge in [0, 0.05) is 11.1 Å². The molecule has 0 atom stereocenters. The van der Waals surface area contributed by atoms with E-state index in [0.717, 1.165) is 0 Å². The van der Waals surface area contributed by atoms with Gasteiger partial charge in [-0.05, 0) is 41.5 Å². The Morgan fingerprint density at radius 3 is 0.600 bits per heavy atom. The van der Waals surface area contributed by atoms with E-state index in [0.29, 0.717) is 0 Å². The minimum Gasteiger partial charge on any atom is -0.326 e. The van der Waals surface area contributed by atoms with Crippen LogP contribution in [0.2, 0.25) is 0 Å². The summed E-state index contributed by atoms with van der Waals surface area (Å²) in [4.78, 5) is 0. The summed E-state index contributed by atoms with van der Waals surface area (Å²) in [5.41, 5.74) is 10.7. The average molecular weight is 146 g/mol. The summed E-state index contributed by atoms with van der Waals surface area (Å²) in [5.74, 6) is 0. The van der Waals surface area contributed by atoms with Gasteiger partial charge < -0.3 is 11.5 Å². The molecule has 0 spiro atoms. The first-order chi connectivity index (χ1) is 4.00. The summed E-state index contributed by atoms with van der Waals surface area (Å²) in [7, 11) is 0. The van der Waals surface area contributed by atoms with E-state index in [1.165, 1.54) is 0 Å². The first kappa shape index (κ1) is 12.6. The third kappa shape index (κ3) is 59300. The fourth-order valence-electron chi connectivity index (χ4n) is 0. The molecular formula is C8H22N2. The van der Waals surface area contributed by atoms with E-state index in [4.69, 9.17) is 11.5 Å².